The van der Waals surface area contributed by atoms with Crippen LogP contribution in [0.25, 0.3) is 0 Å². The third-order valence-corrected chi connectivity index (χ3v) is 4.79. The minimum atomic E-state index is 0.169. The number of rotatable bonds is 6. The van der Waals surface area contributed by atoms with Gasteiger partial charge in [-0.15, -0.1) is 0 Å². The van der Waals surface area contributed by atoms with Gasteiger partial charge in [-0.3, -0.25) is 9.69 Å². The summed E-state index contributed by atoms with van der Waals surface area (Å²) in [6, 6.07) is 2.24. The summed E-state index contributed by atoms with van der Waals surface area (Å²) in [4.78, 5) is 15.0. The summed E-state index contributed by atoms with van der Waals surface area (Å²) < 4.78 is 10.9. The van der Waals surface area contributed by atoms with E-state index < -0.39 is 0 Å². The summed E-state index contributed by atoms with van der Waals surface area (Å²) in [5.41, 5.74) is 8.73. The predicted molar refractivity (Wildman–Crippen MR) is 84.8 cm³/mol. The maximum Gasteiger partial charge on any atom is 0.171 e. The van der Waals surface area contributed by atoms with E-state index in [-0.39, 0.29) is 11.8 Å². The fourth-order valence-corrected chi connectivity index (χ4v) is 3.76. The van der Waals surface area contributed by atoms with Crippen LogP contribution in [0.15, 0.2) is 6.07 Å². The van der Waals surface area contributed by atoms with Crippen LogP contribution in [0.3, 0.4) is 0 Å². The first-order valence-electron chi connectivity index (χ1n) is 7.96. The van der Waals surface area contributed by atoms with Crippen LogP contribution in [0.5, 0.6) is 11.5 Å². The van der Waals surface area contributed by atoms with E-state index in [0.29, 0.717) is 17.9 Å². The number of nitrogens with two attached hydrogens (primary N) is 1. The normalized spacial score (nSPS) is 20.1. The molecule has 1 aromatic carbocycles. The molecule has 1 heterocycles. The number of hydrogen-bond acceptors (Lipinski definition) is 5. The van der Waals surface area contributed by atoms with Crippen LogP contribution in [0.2, 0.25) is 0 Å². The summed E-state index contributed by atoms with van der Waals surface area (Å²) in [5.74, 6) is 1.43. The number of hydrogen-bond donors (Lipinski definition) is 1. The quantitative estimate of drug-likeness (QED) is 0.814. The summed E-state index contributed by atoms with van der Waals surface area (Å²) in [5, 5.41) is 0. The summed E-state index contributed by atoms with van der Waals surface area (Å²) in [7, 11) is 3.22. The van der Waals surface area contributed by atoms with E-state index in [1.807, 2.05) is 6.07 Å². The lowest BCUT2D eigenvalue weighted by atomic mass is 9.92. The molecule has 0 aromatic heterocycles. The number of Topliss-reactive ketones (excluding diaryl/α,β-unsaturated/α-hetero) is 1. The molecule has 0 amide bonds. The molecule has 3 rings (SSSR count). The van der Waals surface area contributed by atoms with Gasteiger partial charge in [-0.1, -0.05) is 0 Å². The second-order valence-electron chi connectivity index (χ2n) is 5.98. The minimum Gasteiger partial charge on any atom is -0.493 e. The maximum atomic E-state index is 12.6. The molecule has 1 atom stereocenters. The van der Waals surface area contributed by atoms with Crippen LogP contribution in [-0.4, -0.2) is 44.5 Å². The van der Waals surface area contributed by atoms with Gasteiger partial charge in [-0.25, -0.2) is 0 Å². The first-order valence-corrected chi connectivity index (χ1v) is 7.96. The Kier molecular flexibility index (Phi) is 4.36. The molecule has 2 aliphatic rings. The summed E-state index contributed by atoms with van der Waals surface area (Å²) >= 11 is 0. The molecular weight excluding hydrogens is 280 g/mol. The Bertz CT molecular complexity index is 586. The molecule has 120 valence electrons. The zero-order valence-electron chi connectivity index (χ0n) is 13.4. The lowest BCUT2D eigenvalue weighted by Gasteiger charge is -2.35. The molecule has 22 heavy (non-hydrogen) atoms. The smallest absolute Gasteiger partial charge is 0.171 e. The summed E-state index contributed by atoms with van der Waals surface area (Å²) in [6.07, 6.45) is 3.62. The third-order valence-electron chi connectivity index (χ3n) is 4.79. The second kappa shape index (κ2) is 6.26. The van der Waals surface area contributed by atoms with Gasteiger partial charge in [0.1, 0.15) is 0 Å². The Hall–Kier alpha value is -1.59. The van der Waals surface area contributed by atoms with Crippen molar-refractivity contribution in [2.24, 2.45) is 5.73 Å². The van der Waals surface area contributed by atoms with Gasteiger partial charge in [0.2, 0.25) is 0 Å². The lowest BCUT2D eigenvalue weighted by molar-refractivity contribution is 0.0946. The van der Waals surface area contributed by atoms with Gasteiger partial charge in [0, 0.05) is 19.0 Å². The number of ketones is 1. The average Bonchev–Trinajstić information content (AvgIpc) is 2.88. The SMILES string of the molecule is COc1cc2c3c(c1OC)C(=O)CC3N(CCCCN)CC2. The van der Waals surface area contributed by atoms with Crippen molar-refractivity contribution < 1.29 is 14.3 Å². The number of methoxy groups -OCH3 is 2. The highest BCUT2D eigenvalue weighted by Gasteiger charge is 2.41. The van der Waals surface area contributed by atoms with Crippen LogP contribution in [0.4, 0.5) is 0 Å². The van der Waals surface area contributed by atoms with Crippen molar-refractivity contribution in [3.05, 3.63) is 22.8 Å². The highest BCUT2D eigenvalue weighted by molar-refractivity contribution is 6.05. The Balaban J connectivity index is 1.98. The van der Waals surface area contributed by atoms with Crippen LogP contribution >= 0.6 is 0 Å². The number of ether oxygens (including phenoxy) is 2. The largest absolute Gasteiger partial charge is 0.493 e. The van der Waals surface area contributed by atoms with Crippen molar-refractivity contribution in [1.82, 2.24) is 4.90 Å². The van der Waals surface area contributed by atoms with Crippen molar-refractivity contribution in [1.29, 1.82) is 0 Å². The molecule has 0 fully saturated rings. The molecule has 0 radical (unpaired) electrons. The zero-order valence-corrected chi connectivity index (χ0v) is 13.4. The van der Waals surface area contributed by atoms with Gasteiger partial charge in [0.15, 0.2) is 17.3 Å². The highest BCUT2D eigenvalue weighted by Crippen LogP contribution is 2.48. The number of unbranched alkanes of at least 4 members (excludes halogenated alkanes) is 1. The Labute approximate surface area is 131 Å². The van der Waals surface area contributed by atoms with Crippen LogP contribution < -0.4 is 15.2 Å². The highest BCUT2D eigenvalue weighted by atomic mass is 16.5. The van der Waals surface area contributed by atoms with Gasteiger partial charge in [-0.05, 0) is 49.5 Å². The van der Waals surface area contributed by atoms with Gasteiger partial charge in [0.05, 0.1) is 19.8 Å². The molecule has 0 spiro atoms. The predicted octanol–water partition coefficient (Wildman–Crippen LogP) is 1.93. The third kappa shape index (κ3) is 2.38. The van der Waals surface area contributed by atoms with E-state index in [2.05, 4.69) is 4.90 Å². The van der Waals surface area contributed by atoms with E-state index in [4.69, 9.17) is 15.2 Å². The molecule has 1 aliphatic carbocycles. The maximum absolute atomic E-state index is 12.6. The monoisotopic (exact) mass is 304 g/mol. The van der Waals surface area contributed by atoms with Gasteiger partial charge < -0.3 is 15.2 Å². The lowest BCUT2D eigenvalue weighted by Crippen LogP contribution is -2.35. The fourth-order valence-electron chi connectivity index (χ4n) is 3.76. The Morgan fingerprint density at radius 3 is 2.82 bits per heavy atom. The van der Waals surface area contributed by atoms with E-state index in [1.165, 1.54) is 11.1 Å². The first kappa shape index (κ1) is 15.3. The van der Waals surface area contributed by atoms with Crippen LogP contribution in [0.1, 0.15) is 46.8 Å². The Morgan fingerprint density at radius 2 is 2.14 bits per heavy atom. The average molecular weight is 304 g/mol. The standard InChI is InChI=1S/C17H24N2O3/c1-21-14-9-11-5-8-19(7-4-3-6-18)12-10-13(20)16(15(11)12)17(14)22-2/h9,12H,3-8,10,18H2,1-2H3. The zero-order chi connectivity index (χ0) is 15.7. The van der Waals surface area contributed by atoms with Crippen molar-refractivity contribution in [2.75, 3.05) is 33.9 Å². The second-order valence-corrected chi connectivity index (χ2v) is 5.98. The molecular formula is C17H24N2O3. The molecule has 0 saturated heterocycles. The van der Waals surface area contributed by atoms with Gasteiger partial charge in [0.25, 0.3) is 0 Å². The van der Waals surface area contributed by atoms with E-state index in [9.17, 15) is 4.79 Å². The van der Waals surface area contributed by atoms with E-state index in [0.717, 1.165) is 44.5 Å². The molecule has 1 aromatic rings. The first-order chi connectivity index (χ1) is 10.7. The Morgan fingerprint density at radius 1 is 1.32 bits per heavy atom. The topological polar surface area (TPSA) is 64.8 Å². The molecule has 1 aliphatic heterocycles. The molecule has 5 nitrogen and oxygen atoms in total. The molecule has 0 bridgehead atoms. The molecule has 1 unspecified atom stereocenters. The van der Waals surface area contributed by atoms with Crippen molar-refractivity contribution >= 4 is 5.78 Å². The summed E-state index contributed by atoms with van der Waals surface area (Å²) in [6.45, 7) is 2.72. The van der Waals surface area contributed by atoms with Gasteiger partial charge in [-0.2, -0.15) is 0 Å². The number of carbonyl (C=O) groups excluding carboxylic acids is 1. The fraction of sp³-hybridized carbons (Fsp3) is 0.588. The van der Waals surface area contributed by atoms with Crippen molar-refractivity contribution in [3.8, 4) is 11.5 Å². The molecule has 0 saturated carbocycles. The van der Waals surface area contributed by atoms with E-state index >= 15 is 0 Å². The number of nitrogens with zero attached hydrogens (tertiary/aromatic N) is 1. The van der Waals surface area contributed by atoms with Crippen molar-refractivity contribution in [2.45, 2.75) is 31.7 Å². The van der Waals surface area contributed by atoms with E-state index in [1.54, 1.807) is 14.2 Å². The number of carbonyl (C=O) groups is 1. The van der Waals surface area contributed by atoms with Crippen LogP contribution in [-0.2, 0) is 6.42 Å². The molecule has 2 N–H and O–H groups in total. The van der Waals surface area contributed by atoms with Crippen molar-refractivity contribution in [3.63, 3.8) is 0 Å². The van der Waals surface area contributed by atoms with Crippen LogP contribution in [0, 0.1) is 0 Å². The molecule has 5 heteroatoms. The minimum absolute atomic E-state index is 0.169. The number of benzene rings is 1. The van der Waals surface area contributed by atoms with Gasteiger partial charge >= 0.3 is 0 Å².